The number of halogens is 1. The van der Waals surface area contributed by atoms with E-state index in [9.17, 15) is 24.5 Å². The van der Waals surface area contributed by atoms with Crippen LogP contribution >= 0.6 is 30.3 Å². The minimum atomic E-state index is -4.66. The minimum absolute atomic E-state index is 0.0535. The summed E-state index contributed by atoms with van der Waals surface area (Å²) in [5.41, 5.74) is 4.54. The number of aliphatic hydroxyl groups excluding tert-OH is 1. The Kier molecular flexibility index (Phi) is 9.74. The van der Waals surface area contributed by atoms with Crippen LogP contribution in [-0.2, 0) is 18.8 Å². The lowest BCUT2D eigenvalue weighted by molar-refractivity contribution is -0.150. The molecular weight excluding hydrogens is 762 g/mol. The van der Waals surface area contributed by atoms with Crippen molar-refractivity contribution in [1.29, 1.82) is 0 Å². The molecule has 1 saturated heterocycles. The van der Waals surface area contributed by atoms with E-state index in [4.69, 9.17) is 29.2 Å². The maximum absolute atomic E-state index is 13.3. The van der Waals surface area contributed by atoms with E-state index in [1.54, 1.807) is 36.4 Å². The van der Waals surface area contributed by atoms with Crippen molar-refractivity contribution in [1.82, 2.24) is 24.6 Å². The summed E-state index contributed by atoms with van der Waals surface area (Å²) < 4.78 is 43.8. The van der Waals surface area contributed by atoms with Crippen LogP contribution in [0, 0.1) is 3.83 Å². The van der Waals surface area contributed by atoms with Crippen LogP contribution in [0.25, 0.3) is 21.9 Å². The molecule has 48 heavy (non-hydrogen) atoms. The summed E-state index contributed by atoms with van der Waals surface area (Å²) in [5.74, 6) is -0.636. The molecule has 0 spiro atoms. The second-order valence-corrected chi connectivity index (χ2v) is 14.4. The number of nitrogens with two attached hydrogens (primary N) is 1. The zero-order valence-electron chi connectivity index (χ0n) is 26.3. The molecule has 2 aromatic carbocycles. The van der Waals surface area contributed by atoms with Crippen molar-refractivity contribution in [3.05, 3.63) is 40.2 Å². The number of methoxy groups -OCH3 is 1. The van der Waals surface area contributed by atoms with Crippen molar-refractivity contribution in [2.24, 2.45) is 0 Å². The monoisotopic (exact) mass is 798 g/mol. The molecule has 2 fully saturated rings. The first-order valence-electron chi connectivity index (χ1n) is 15.2. The molecule has 16 nitrogen and oxygen atoms in total. The first-order chi connectivity index (χ1) is 22.8. The van der Waals surface area contributed by atoms with Gasteiger partial charge in [0, 0.05) is 28.0 Å². The molecule has 18 heteroatoms. The normalized spacial score (nSPS) is 24.9. The second kappa shape index (κ2) is 13.5. The molecule has 6 rings (SSSR count). The number of nitrogens with one attached hydrogen (secondary N) is 1. The number of carbonyl (C=O) groups excluding carboxylic acids is 1. The van der Waals surface area contributed by atoms with Crippen molar-refractivity contribution in [2.45, 2.75) is 75.7 Å². The Labute approximate surface area is 288 Å². The first kappa shape index (κ1) is 34.5. The van der Waals surface area contributed by atoms with Crippen LogP contribution in [-0.4, -0.2) is 84.3 Å². The quantitative estimate of drug-likeness (QED) is 0.0636. The molecular formula is C30H36IN6O10P. The lowest BCUT2D eigenvalue weighted by atomic mass is 9.96. The number of aromatic nitrogens is 4. The fraction of sp³-hybridized carbons (Fsp3) is 0.467. The number of esters is 1. The molecule has 1 unspecified atom stereocenters. The van der Waals surface area contributed by atoms with Crippen molar-refractivity contribution in [2.75, 3.05) is 19.5 Å². The van der Waals surface area contributed by atoms with Gasteiger partial charge in [0.1, 0.15) is 36.6 Å². The van der Waals surface area contributed by atoms with Gasteiger partial charge in [-0.3, -0.25) is 9.36 Å². The Morgan fingerprint density at radius 1 is 1.23 bits per heavy atom. The number of ether oxygens (including phenoxy) is 4. The smallest absolute Gasteiger partial charge is 0.457 e. The number of nitrogen functional groups attached to an aromatic ring is 1. The van der Waals surface area contributed by atoms with Gasteiger partial charge in [-0.1, -0.05) is 30.3 Å². The lowest BCUT2D eigenvalue weighted by Crippen LogP contribution is -2.45. The predicted octanol–water partition coefficient (Wildman–Crippen LogP) is 3.21. The van der Waals surface area contributed by atoms with E-state index in [2.05, 4.69) is 20.0 Å². The number of imidazole rings is 1. The van der Waals surface area contributed by atoms with Gasteiger partial charge in [0.05, 0.1) is 7.11 Å². The molecule has 258 valence electrons. The number of carbonyl (C=O) groups is 1. The van der Waals surface area contributed by atoms with Crippen molar-refractivity contribution in [3.8, 4) is 17.4 Å². The summed E-state index contributed by atoms with van der Waals surface area (Å²) >= 11 is 1.94. The standard InChI is InChI=1S/C30H36IN6O10P/c1-15(26(39)45-17-9-5-6-10-17)36-48(41,42)47-22-18-11-7-4-8-16(18)12-13-19(22)44-14-20-23(38)30(2,40)27(46-20)37-24-21(33-28(37)31)25(43-3)35-29(32)34-24/h4,7-8,11-13,15,17,20,23,27,38,40H,5-6,9-10,14H2,1-3H3,(H2,32,34,35)(H2,36,41,42)/t15-,20+,23+,27+,30+/m0/s1. The number of aliphatic hydroxyl groups is 2. The number of hydrogen-bond donors (Lipinski definition) is 5. The van der Waals surface area contributed by atoms with Gasteiger partial charge < -0.3 is 44.3 Å². The van der Waals surface area contributed by atoms with Gasteiger partial charge in [0.2, 0.25) is 11.8 Å². The Morgan fingerprint density at radius 3 is 2.69 bits per heavy atom. The van der Waals surface area contributed by atoms with Gasteiger partial charge in [-0.05, 0) is 51.0 Å². The van der Waals surface area contributed by atoms with Crippen LogP contribution in [0.1, 0.15) is 45.8 Å². The molecule has 0 bridgehead atoms. The van der Waals surface area contributed by atoms with E-state index in [0.717, 1.165) is 25.7 Å². The van der Waals surface area contributed by atoms with E-state index >= 15 is 0 Å². The van der Waals surface area contributed by atoms with Crippen LogP contribution in [0.2, 0.25) is 0 Å². The van der Waals surface area contributed by atoms with Crippen LogP contribution < -0.4 is 24.8 Å². The maximum Gasteiger partial charge on any atom is 0.457 e. The number of anilines is 1. The lowest BCUT2D eigenvalue weighted by Gasteiger charge is -2.27. The summed E-state index contributed by atoms with van der Waals surface area (Å²) in [6.07, 6.45) is -0.505. The van der Waals surface area contributed by atoms with Gasteiger partial charge >= 0.3 is 13.7 Å². The summed E-state index contributed by atoms with van der Waals surface area (Å²) in [5, 5.41) is 26.2. The largest absolute Gasteiger partial charge is 0.487 e. The van der Waals surface area contributed by atoms with Crippen LogP contribution in [0.5, 0.6) is 17.4 Å². The molecule has 4 aromatic rings. The Morgan fingerprint density at radius 2 is 1.96 bits per heavy atom. The molecule has 3 heterocycles. The van der Waals surface area contributed by atoms with Crippen molar-refractivity contribution in [3.63, 3.8) is 0 Å². The highest BCUT2D eigenvalue weighted by Gasteiger charge is 2.54. The Hall–Kier alpha value is -3.32. The minimum Gasteiger partial charge on any atom is -0.487 e. The van der Waals surface area contributed by atoms with E-state index < -0.39 is 43.8 Å². The number of benzene rings is 2. The molecule has 1 aliphatic carbocycles. The van der Waals surface area contributed by atoms with Crippen molar-refractivity contribution >= 4 is 64.2 Å². The fourth-order valence-electron chi connectivity index (χ4n) is 5.96. The third kappa shape index (κ3) is 6.77. The maximum atomic E-state index is 13.3. The number of rotatable bonds is 11. The Bertz CT molecular complexity index is 1890. The summed E-state index contributed by atoms with van der Waals surface area (Å²) in [7, 11) is -3.25. The first-order valence-corrected chi connectivity index (χ1v) is 17.9. The summed E-state index contributed by atoms with van der Waals surface area (Å²) in [6.45, 7) is 2.52. The zero-order valence-corrected chi connectivity index (χ0v) is 29.3. The third-order valence-corrected chi connectivity index (χ3v) is 10.3. The third-order valence-electron chi connectivity index (χ3n) is 8.42. The van der Waals surface area contributed by atoms with Gasteiger partial charge in [-0.2, -0.15) is 15.1 Å². The highest BCUT2D eigenvalue weighted by atomic mass is 127. The van der Waals surface area contributed by atoms with Crippen LogP contribution in [0.4, 0.5) is 5.95 Å². The molecule has 0 radical (unpaired) electrons. The second-order valence-electron chi connectivity index (χ2n) is 11.9. The van der Waals surface area contributed by atoms with Gasteiger partial charge in [0.15, 0.2) is 32.7 Å². The predicted molar refractivity (Wildman–Crippen MR) is 180 cm³/mol. The number of nitrogens with zero attached hydrogens (tertiary/aromatic N) is 4. The van der Waals surface area contributed by atoms with Gasteiger partial charge in [0.25, 0.3) is 0 Å². The number of hydrogen-bond acceptors (Lipinski definition) is 13. The highest BCUT2D eigenvalue weighted by Crippen LogP contribution is 2.47. The molecule has 1 saturated carbocycles. The molecule has 6 atom stereocenters. The molecule has 0 amide bonds. The molecule has 2 aromatic heterocycles. The van der Waals surface area contributed by atoms with E-state index in [1.807, 2.05) is 22.6 Å². The van der Waals surface area contributed by atoms with Gasteiger partial charge in [-0.15, -0.1) is 0 Å². The average molecular weight is 799 g/mol. The average Bonchev–Trinajstić information content (AvgIpc) is 3.72. The fourth-order valence-corrected chi connectivity index (χ4v) is 7.77. The summed E-state index contributed by atoms with van der Waals surface area (Å²) in [6, 6.07) is 9.14. The van der Waals surface area contributed by atoms with E-state index in [-0.39, 0.29) is 47.2 Å². The van der Waals surface area contributed by atoms with Crippen molar-refractivity contribution < 1.29 is 47.9 Å². The highest BCUT2D eigenvalue weighted by molar-refractivity contribution is 14.1. The van der Waals surface area contributed by atoms with E-state index in [1.165, 1.54) is 25.5 Å². The molecule has 1 aliphatic heterocycles. The number of fused-ring (bicyclic) bond motifs is 2. The van der Waals surface area contributed by atoms with Gasteiger partial charge in [-0.25, -0.2) is 9.55 Å². The molecule has 6 N–H and O–H groups in total. The summed E-state index contributed by atoms with van der Waals surface area (Å²) in [4.78, 5) is 36.2. The molecule has 2 aliphatic rings. The van der Waals surface area contributed by atoms with E-state index in [0.29, 0.717) is 14.6 Å². The topological polar surface area (TPSA) is 223 Å². The van der Waals surface area contributed by atoms with Crippen LogP contribution in [0.3, 0.4) is 0 Å². The zero-order chi connectivity index (χ0) is 34.4. The van der Waals surface area contributed by atoms with Crippen LogP contribution in [0.15, 0.2) is 36.4 Å². The SMILES string of the molecule is COc1nc(N)nc2c1nc(I)n2[C@@H]1O[C@H](COc2ccc3ccccc3c2OP(=O)(O)N[C@@H](C)C(=O)OC2CCCC2)[C@@H](O)[C@@]1(C)O. The Balaban J connectivity index is 1.23.